The largest absolute Gasteiger partial charge is 0.493 e. The highest BCUT2D eigenvalue weighted by Gasteiger charge is 2.08. The molecule has 3 aromatic rings. The molecule has 0 saturated carbocycles. The Kier molecular flexibility index (Phi) is 4.06. The molecule has 0 bridgehead atoms. The Labute approximate surface area is 136 Å². The fourth-order valence-electron chi connectivity index (χ4n) is 2.64. The van der Waals surface area contributed by atoms with E-state index >= 15 is 0 Å². The SMILES string of the molecule is COc1ccc(Nc2ccnc3c(C)c(C)ccc23)cc1OC. The second-order valence-corrected chi connectivity index (χ2v) is 5.46. The van der Waals surface area contributed by atoms with Crippen LogP contribution in [0.3, 0.4) is 0 Å². The van der Waals surface area contributed by atoms with Crippen LogP contribution in [0.25, 0.3) is 10.9 Å². The van der Waals surface area contributed by atoms with Crippen molar-refractivity contribution in [2.45, 2.75) is 13.8 Å². The molecule has 0 unspecified atom stereocenters. The van der Waals surface area contributed by atoms with Crippen LogP contribution in [-0.2, 0) is 0 Å². The predicted octanol–water partition coefficient (Wildman–Crippen LogP) is 4.61. The molecule has 4 nitrogen and oxygen atoms in total. The average molecular weight is 308 g/mol. The molecule has 2 aromatic carbocycles. The van der Waals surface area contributed by atoms with Gasteiger partial charge in [0.05, 0.1) is 19.7 Å². The van der Waals surface area contributed by atoms with Crippen LogP contribution in [0, 0.1) is 13.8 Å². The number of nitrogens with one attached hydrogen (secondary N) is 1. The minimum atomic E-state index is 0.697. The van der Waals surface area contributed by atoms with Gasteiger partial charge in [0.15, 0.2) is 11.5 Å². The van der Waals surface area contributed by atoms with E-state index in [4.69, 9.17) is 9.47 Å². The van der Waals surface area contributed by atoms with Gasteiger partial charge in [-0.15, -0.1) is 0 Å². The Bertz CT molecular complexity index is 859. The molecule has 4 heteroatoms. The number of rotatable bonds is 4. The van der Waals surface area contributed by atoms with Crippen molar-refractivity contribution >= 4 is 22.3 Å². The molecule has 0 aliphatic heterocycles. The summed E-state index contributed by atoms with van der Waals surface area (Å²) in [6.07, 6.45) is 1.83. The molecule has 1 heterocycles. The summed E-state index contributed by atoms with van der Waals surface area (Å²) in [7, 11) is 3.27. The highest BCUT2D eigenvalue weighted by atomic mass is 16.5. The van der Waals surface area contributed by atoms with Gasteiger partial charge in [-0.2, -0.15) is 0 Å². The number of ether oxygens (including phenoxy) is 2. The van der Waals surface area contributed by atoms with Crippen molar-refractivity contribution < 1.29 is 9.47 Å². The third-order valence-electron chi connectivity index (χ3n) is 4.10. The third kappa shape index (κ3) is 2.80. The van der Waals surface area contributed by atoms with E-state index in [1.54, 1.807) is 14.2 Å². The smallest absolute Gasteiger partial charge is 0.162 e. The monoisotopic (exact) mass is 308 g/mol. The maximum atomic E-state index is 5.36. The molecule has 23 heavy (non-hydrogen) atoms. The Morgan fingerprint density at radius 2 is 1.70 bits per heavy atom. The van der Waals surface area contributed by atoms with Gasteiger partial charge >= 0.3 is 0 Å². The number of nitrogens with zero attached hydrogens (tertiary/aromatic N) is 1. The number of pyridine rings is 1. The fourth-order valence-corrected chi connectivity index (χ4v) is 2.64. The van der Waals surface area contributed by atoms with Crippen molar-refractivity contribution in [3.8, 4) is 11.5 Å². The number of aromatic nitrogens is 1. The van der Waals surface area contributed by atoms with E-state index in [1.807, 2.05) is 30.5 Å². The van der Waals surface area contributed by atoms with Crippen LogP contribution >= 0.6 is 0 Å². The van der Waals surface area contributed by atoms with Crippen molar-refractivity contribution in [3.05, 3.63) is 53.7 Å². The van der Waals surface area contributed by atoms with Crippen LogP contribution in [0.2, 0.25) is 0 Å². The van der Waals surface area contributed by atoms with Crippen molar-refractivity contribution in [1.82, 2.24) is 4.98 Å². The molecule has 0 atom stereocenters. The summed E-state index contributed by atoms with van der Waals surface area (Å²) in [5, 5.41) is 4.55. The highest BCUT2D eigenvalue weighted by Crippen LogP contribution is 2.33. The second-order valence-electron chi connectivity index (χ2n) is 5.46. The van der Waals surface area contributed by atoms with E-state index in [0.29, 0.717) is 11.5 Å². The van der Waals surface area contributed by atoms with Crippen LogP contribution in [0.4, 0.5) is 11.4 Å². The molecule has 118 valence electrons. The minimum absolute atomic E-state index is 0.697. The van der Waals surface area contributed by atoms with Gasteiger partial charge in [-0.05, 0) is 43.2 Å². The molecule has 0 amide bonds. The van der Waals surface area contributed by atoms with Gasteiger partial charge in [0.2, 0.25) is 0 Å². The second kappa shape index (κ2) is 6.16. The average Bonchev–Trinajstić information content (AvgIpc) is 2.58. The first-order valence-corrected chi connectivity index (χ1v) is 7.48. The molecule has 0 aliphatic carbocycles. The number of methoxy groups -OCH3 is 2. The summed E-state index contributed by atoms with van der Waals surface area (Å²) in [6, 6.07) is 12.0. The topological polar surface area (TPSA) is 43.4 Å². The molecule has 0 fully saturated rings. The minimum Gasteiger partial charge on any atom is -0.493 e. The van der Waals surface area contributed by atoms with Crippen LogP contribution in [0.1, 0.15) is 11.1 Å². The lowest BCUT2D eigenvalue weighted by Gasteiger charge is -2.14. The molecule has 0 aliphatic rings. The van der Waals surface area contributed by atoms with Gasteiger partial charge < -0.3 is 14.8 Å². The van der Waals surface area contributed by atoms with E-state index in [0.717, 1.165) is 22.3 Å². The zero-order valence-corrected chi connectivity index (χ0v) is 13.8. The van der Waals surface area contributed by atoms with Crippen molar-refractivity contribution in [2.75, 3.05) is 19.5 Å². The maximum Gasteiger partial charge on any atom is 0.162 e. The molecule has 1 aromatic heterocycles. The van der Waals surface area contributed by atoms with Gasteiger partial charge in [0.25, 0.3) is 0 Å². The normalized spacial score (nSPS) is 10.6. The van der Waals surface area contributed by atoms with E-state index < -0.39 is 0 Å². The molecule has 0 spiro atoms. The van der Waals surface area contributed by atoms with Gasteiger partial charge in [-0.1, -0.05) is 12.1 Å². The number of hydrogen-bond donors (Lipinski definition) is 1. The molecule has 0 saturated heterocycles. The molecule has 1 N–H and O–H groups in total. The van der Waals surface area contributed by atoms with E-state index in [1.165, 1.54) is 11.1 Å². The Morgan fingerprint density at radius 3 is 2.43 bits per heavy atom. The molecule has 3 rings (SSSR count). The van der Waals surface area contributed by atoms with Crippen molar-refractivity contribution in [1.29, 1.82) is 0 Å². The quantitative estimate of drug-likeness (QED) is 0.764. The first-order chi connectivity index (χ1) is 11.1. The standard InChI is InChI=1S/C19H20N2O2/c1-12-5-7-15-16(9-10-20-19(15)13(12)2)21-14-6-8-17(22-3)18(11-14)23-4/h5-11H,1-4H3,(H,20,21). The Balaban J connectivity index is 2.04. The maximum absolute atomic E-state index is 5.36. The number of fused-ring (bicyclic) bond motifs is 1. The van der Waals surface area contributed by atoms with Gasteiger partial charge in [-0.25, -0.2) is 0 Å². The summed E-state index contributed by atoms with van der Waals surface area (Å²) in [6.45, 7) is 4.20. The zero-order chi connectivity index (χ0) is 16.4. The summed E-state index contributed by atoms with van der Waals surface area (Å²) in [4.78, 5) is 4.52. The fraction of sp³-hybridized carbons (Fsp3) is 0.211. The number of anilines is 2. The Morgan fingerprint density at radius 1 is 0.913 bits per heavy atom. The van der Waals surface area contributed by atoms with Crippen LogP contribution in [0.5, 0.6) is 11.5 Å². The predicted molar refractivity (Wildman–Crippen MR) is 94.0 cm³/mol. The summed E-state index contributed by atoms with van der Waals surface area (Å²) in [5.41, 5.74) is 5.43. The number of aryl methyl sites for hydroxylation is 2. The lowest BCUT2D eigenvalue weighted by atomic mass is 10.0. The van der Waals surface area contributed by atoms with Crippen LogP contribution in [0.15, 0.2) is 42.6 Å². The first kappa shape index (κ1) is 15.2. The van der Waals surface area contributed by atoms with Gasteiger partial charge in [0.1, 0.15) is 0 Å². The Hall–Kier alpha value is -2.75. The summed E-state index contributed by atoms with van der Waals surface area (Å²) < 4.78 is 10.6. The van der Waals surface area contributed by atoms with Crippen LogP contribution < -0.4 is 14.8 Å². The first-order valence-electron chi connectivity index (χ1n) is 7.48. The lowest BCUT2D eigenvalue weighted by Crippen LogP contribution is -1.96. The van der Waals surface area contributed by atoms with Crippen molar-refractivity contribution in [2.24, 2.45) is 0 Å². The van der Waals surface area contributed by atoms with Gasteiger partial charge in [-0.3, -0.25) is 4.98 Å². The lowest BCUT2D eigenvalue weighted by molar-refractivity contribution is 0.355. The molecular weight excluding hydrogens is 288 g/mol. The number of benzene rings is 2. The zero-order valence-electron chi connectivity index (χ0n) is 13.8. The van der Waals surface area contributed by atoms with Gasteiger partial charge in [0, 0.05) is 29.0 Å². The third-order valence-corrected chi connectivity index (χ3v) is 4.10. The summed E-state index contributed by atoms with van der Waals surface area (Å²) >= 11 is 0. The van der Waals surface area contributed by atoms with Crippen LogP contribution in [-0.4, -0.2) is 19.2 Å². The van der Waals surface area contributed by atoms with E-state index in [9.17, 15) is 0 Å². The molecule has 0 radical (unpaired) electrons. The molecular formula is C19H20N2O2. The van der Waals surface area contributed by atoms with E-state index in [2.05, 4.69) is 36.3 Å². The number of hydrogen-bond acceptors (Lipinski definition) is 4. The van der Waals surface area contributed by atoms with E-state index in [-0.39, 0.29) is 0 Å². The highest BCUT2D eigenvalue weighted by molar-refractivity contribution is 5.95. The summed E-state index contributed by atoms with van der Waals surface area (Å²) in [5.74, 6) is 1.41. The van der Waals surface area contributed by atoms with Crippen molar-refractivity contribution in [3.63, 3.8) is 0 Å².